The molecule has 5 aromatic rings. The summed E-state index contributed by atoms with van der Waals surface area (Å²) in [6.07, 6.45) is 3.62. The van der Waals surface area contributed by atoms with Crippen molar-refractivity contribution in [2.75, 3.05) is 4.90 Å². The van der Waals surface area contributed by atoms with E-state index in [0.717, 1.165) is 39.6 Å². The summed E-state index contributed by atoms with van der Waals surface area (Å²) < 4.78 is 0. The van der Waals surface area contributed by atoms with E-state index >= 15 is 0 Å². The Labute approximate surface area is 226 Å². The maximum Gasteiger partial charge on any atom is 2.00 e. The molecule has 2 aromatic heterocycles. The van der Waals surface area contributed by atoms with E-state index in [2.05, 4.69) is 84.2 Å². The molecule has 0 saturated carbocycles. The van der Waals surface area contributed by atoms with Crippen LogP contribution in [-0.2, 0) is 21.1 Å². The van der Waals surface area contributed by atoms with Gasteiger partial charge in [0.25, 0.3) is 0 Å². The van der Waals surface area contributed by atoms with Crippen molar-refractivity contribution in [3.8, 4) is 22.5 Å². The van der Waals surface area contributed by atoms with Crippen molar-refractivity contribution >= 4 is 17.1 Å². The van der Waals surface area contributed by atoms with Gasteiger partial charge in [0.2, 0.25) is 0 Å². The van der Waals surface area contributed by atoms with Crippen LogP contribution in [0.4, 0.5) is 21.8 Å². The van der Waals surface area contributed by atoms with Crippen LogP contribution in [0, 0.1) is 32.9 Å². The number of hydrogen-bond acceptors (Lipinski definition) is 3. The van der Waals surface area contributed by atoms with Gasteiger partial charge in [-0.05, 0) is 66.8 Å². The zero-order chi connectivity index (χ0) is 23.5. The first-order valence-corrected chi connectivity index (χ1v) is 11.4. The van der Waals surface area contributed by atoms with Crippen LogP contribution in [0.5, 0.6) is 0 Å². The SMILES string of the molecule is Cc1cc(C)c(N(c2[c-]c(-c3ccccn3)ccc2)c2[c-]c(-c3ccccn3)ccc2)c(C)c1.F.[Pt+2]. The predicted octanol–water partition coefficient (Wildman–Crippen LogP) is 7.96. The third-order valence-corrected chi connectivity index (χ3v) is 5.78. The van der Waals surface area contributed by atoms with Gasteiger partial charge < -0.3 is 14.9 Å². The summed E-state index contributed by atoms with van der Waals surface area (Å²) in [4.78, 5) is 11.3. The Morgan fingerprint density at radius 2 is 1.08 bits per heavy atom. The van der Waals surface area contributed by atoms with Crippen LogP contribution in [-0.4, -0.2) is 9.97 Å². The van der Waals surface area contributed by atoms with Gasteiger partial charge in [-0.2, -0.15) is 0 Å². The molecule has 0 saturated heterocycles. The fourth-order valence-electron chi connectivity index (χ4n) is 4.41. The molecular formula is C31H26FN3Pt. The second kappa shape index (κ2) is 11.9. The van der Waals surface area contributed by atoms with Crippen molar-refractivity contribution in [3.63, 3.8) is 0 Å². The van der Waals surface area contributed by atoms with Gasteiger partial charge in [0.15, 0.2) is 0 Å². The summed E-state index contributed by atoms with van der Waals surface area (Å²) in [6, 6.07) is 35.9. The maximum absolute atomic E-state index is 4.53. The zero-order valence-electron chi connectivity index (χ0n) is 20.3. The van der Waals surface area contributed by atoms with Crippen LogP contribution < -0.4 is 4.90 Å². The van der Waals surface area contributed by atoms with Gasteiger partial charge in [0.1, 0.15) is 0 Å². The molecule has 36 heavy (non-hydrogen) atoms. The topological polar surface area (TPSA) is 29.0 Å². The Hall–Kier alpha value is -3.62. The molecule has 3 aromatic carbocycles. The van der Waals surface area contributed by atoms with Crippen LogP contribution in [0.25, 0.3) is 22.5 Å². The van der Waals surface area contributed by atoms with Crippen LogP contribution in [0.2, 0.25) is 0 Å². The molecule has 0 N–H and O–H groups in total. The quantitative estimate of drug-likeness (QED) is 0.180. The van der Waals surface area contributed by atoms with Crippen molar-refractivity contribution in [1.82, 2.24) is 9.97 Å². The summed E-state index contributed by atoms with van der Waals surface area (Å²) >= 11 is 0. The molecule has 0 bridgehead atoms. The number of pyridine rings is 2. The molecule has 182 valence electrons. The second-order valence-electron chi connectivity index (χ2n) is 8.41. The van der Waals surface area contributed by atoms with E-state index in [9.17, 15) is 0 Å². The molecular weight excluding hydrogens is 628 g/mol. The molecule has 0 aliphatic heterocycles. The molecule has 2 heterocycles. The fraction of sp³-hybridized carbons (Fsp3) is 0.0968. The van der Waals surface area contributed by atoms with E-state index in [4.69, 9.17) is 0 Å². The minimum Gasteiger partial charge on any atom is -0.346 e. The number of rotatable bonds is 5. The second-order valence-corrected chi connectivity index (χ2v) is 8.41. The van der Waals surface area contributed by atoms with Crippen LogP contribution in [0.3, 0.4) is 0 Å². The van der Waals surface area contributed by atoms with Gasteiger partial charge in [-0.3, -0.25) is 4.70 Å². The molecule has 0 unspecified atom stereocenters. The molecule has 0 aliphatic carbocycles. The first-order valence-electron chi connectivity index (χ1n) is 11.4. The minimum absolute atomic E-state index is 0. The average molecular weight is 655 g/mol. The number of aryl methyl sites for hydroxylation is 3. The Morgan fingerprint density at radius 1 is 0.611 bits per heavy atom. The van der Waals surface area contributed by atoms with Crippen molar-refractivity contribution in [1.29, 1.82) is 0 Å². The normalized spacial score (nSPS) is 10.2. The Morgan fingerprint density at radius 3 is 1.50 bits per heavy atom. The van der Waals surface area contributed by atoms with Gasteiger partial charge in [-0.25, -0.2) is 0 Å². The zero-order valence-corrected chi connectivity index (χ0v) is 22.6. The summed E-state index contributed by atoms with van der Waals surface area (Å²) in [5, 5.41) is 0. The molecule has 5 rings (SSSR count). The predicted molar refractivity (Wildman–Crippen MR) is 142 cm³/mol. The standard InChI is InChI=1S/C31H25N3.FH.Pt/c1-22-18-23(2)31(24(3)19-22)34(27-12-8-10-25(20-27)29-14-4-6-16-32-29)28-13-9-11-26(21-28)30-15-5-7-17-33-30;;/h4-19H,1-3H3;1H;/q-2;;+2. The molecule has 0 atom stereocenters. The summed E-state index contributed by atoms with van der Waals surface area (Å²) in [6.45, 7) is 6.46. The number of hydrogen-bond donors (Lipinski definition) is 0. The number of nitrogens with zero attached hydrogens (tertiary/aromatic N) is 3. The summed E-state index contributed by atoms with van der Waals surface area (Å²) in [5.41, 5.74) is 10.3. The van der Waals surface area contributed by atoms with Gasteiger partial charge in [-0.15, -0.1) is 59.7 Å². The van der Waals surface area contributed by atoms with Gasteiger partial charge in [0, 0.05) is 18.1 Å². The van der Waals surface area contributed by atoms with Gasteiger partial charge in [0.05, 0.1) is 0 Å². The molecule has 3 nitrogen and oxygen atoms in total. The molecule has 0 radical (unpaired) electrons. The number of aromatic nitrogens is 2. The Balaban J connectivity index is 0.00000180. The average Bonchev–Trinajstić information content (AvgIpc) is 2.87. The number of anilines is 3. The third-order valence-electron chi connectivity index (χ3n) is 5.78. The molecule has 0 fully saturated rings. The largest absolute Gasteiger partial charge is 2.00 e. The summed E-state index contributed by atoms with van der Waals surface area (Å²) in [7, 11) is 0. The van der Waals surface area contributed by atoms with Crippen molar-refractivity contribution in [2.24, 2.45) is 0 Å². The van der Waals surface area contributed by atoms with Crippen molar-refractivity contribution in [3.05, 3.63) is 126 Å². The molecule has 0 aliphatic rings. The minimum atomic E-state index is 0. The van der Waals surface area contributed by atoms with Crippen LogP contribution in [0.15, 0.2) is 97.3 Å². The van der Waals surface area contributed by atoms with E-state index in [-0.39, 0.29) is 25.8 Å². The Bertz CT molecular complexity index is 1330. The summed E-state index contributed by atoms with van der Waals surface area (Å²) in [5.74, 6) is 0. The fourth-order valence-corrected chi connectivity index (χ4v) is 4.41. The first-order chi connectivity index (χ1) is 16.6. The molecule has 0 amide bonds. The maximum atomic E-state index is 4.53. The van der Waals surface area contributed by atoms with Crippen LogP contribution >= 0.6 is 0 Å². The number of halogens is 1. The third kappa shape index (κ3) is 5.61. The van der Waals surface area contributed by atoms with Crippen LogP contribution in [0.1, 0.15) is 16.7 Å². The molecule has 5 heteroatoms. The van der Waals surface area contributed by atoms with E-state index in [0.29, 0.717) is 0 Å². The monoisotopic (exact) mass is 654 g/mol. The van der Waals surface area contributed by atoms with Gasteiger partial charge >= 0.3 is 21.1 Å². The van der Waals surface area contributed by atoms with Gasteiger partial charge in [-0.1, -0.05) is 42.0 Å². The van der Waals surface area contributed by atoms with E-state index < -0.39 is 0 Å². The van der Waals surface area contributed by atoms with E-state index in [1.54, 1.807) is 0 Å². The first kappa shape index (κ1) is 27.0. The van der Waals surface area contributed by atoms with Crippen molar-refractivity contribution < 1.29 is 25.8 Å². The number of benzene rings is 3. The molecule has 0 spiro atoms. The van der Waals surface area contributed by atoms with E-state index in [1.165, 1.54) is 16.7 Å². The smallest absolute Gasteiger partial charge is 0.346 e. The van der Waals surface area contributed by atoms with Crippen molar-refractivity contribution in [2.45, 2.75) is 20.8 Å². The van der Waals surface area contributed by atoms with E-state index in [1.807, 2.05) is 60.9 Å². The Kier molecular flexibility index (Phi) is 8.90.